The minimum atomic E-state index is -1.13. The van der Waals surface area contributed by atoms with Crippen LogP contribution in [0.4, 0.5) is 5.69 Å². The zero-order chi connectivity index (χ0) is 16.1. The molecule has 0 unspecified atom stereocenters. The third-order valence-corrected chi connectivity index (χ3v) is 3.23. The van der Waals surface area contributed by atoms with E-state index in [9.17, 15) is 9.59 Å². The summed E-state index contributed by atoms with van der Waals surface area (Å²) in [4.78, 5) is 22.9. The van der Waals surface area contributed by atoms with E-state index in [1.807, 2.05) is 0 Å². The Balaban J connectivity index is 2.02. The summed E-state index contributed by atoms with van der Waals surface area (Å²) < 4.78 is 5.28. The maximum Gasteiger partial charge on any atom is 0.337 e. The molecule has 2 aromatic carbocycles. The smallest absolute Gasteiger partial charge is 0.337 e. The molecule has 0 aromatic heterocycles. The minimum Gasteiger partial charge on any atom is -0.482 e. The van der Waals surface area contributed by atoms with Gasteiger partial charge in [0, 0.05) is 11.1 Å². The number of hydrogen-bond donors (Lipinski definition) is 2. The second kappa shape index (κ2) is 7.15. The average Bonchev–Trinajstić information content (AvgIpc) is 2.48. The number of amides is 1. The summed E-state index contributed by atoms with van der Waals surface area (Å²) in [6.45, 7) is -0.325. The lowest BCUT2D eigenvalue weighted by Gasteiger charge is -2.10. The molecule has 0 aliphatic heterocycles. The fourth-order valence-electron chi connectivity index (χ4n) is 1.70. The van der Waals surface area contributed by atoms with Crippen molar-refractivity contribution in [1.29, 1.82) is 0 Å². The van der Waals surface area contributed by atoms with E-state index in [0.29, 0.717) is 10.0 Å². The number of hydrogen-bond acceptors (Lipinski definition) is 3. The number of para-hydroxylation sites is 1. The maximum absolute atomic E-state index is 11.9. The first kappa shape index (κ1) is 16.1. The second-order valence-electron chi connectivity index (χ2n) is 4.26. The zero-order valence-corrected chi connectivity index (χ0v) is 12.7. The molecular formula is C15H11Cl2NO4. The lowest BCUT2D eigenvalue weighted by atomic mass is 10.2. The molecule has 0 fully saturated rings. The number of carbonyl (C=O) groups is 2. The predicted octanol–water partition coefficient (Wildman–Crippen LogP) is 3.71. The summed E-state index contributed by atoms with van der Waals surface area (Å²) in [6, 6.07) is 10.7. The number of aromatic carboxylic acids is 1. The Hall–Kier alpha value is -2.24. The summed E-state index contributed by atoms with van der Waals surface area (Å²) >= 11 is 11.7. The van der Waals surface area contributed by atoms with Crippen molar-refractivity contribution < 1.29 is 19.4 Å². The summed E-state index contributed by atoms with van der Waals surface area (Å²) in [5, 5.41) is 12.3. The first-order valence-electron chi connectivity index (χ1n) is 6.17. The van der Waals surface area contributed by atoms with Crippen LogP contribution in [-0.4, -0.2) is 23.6 Å². The van der Waals surface area contributed by atoms with Crippen LogP contribution in [0.5, 0.6) is 5.75 Å². The Kier molecular flexibility index (Phi) is 5.25. The van der Waals surface area contributed by atoms with Crippen LogP contribution in [0.15, 0.2) is 42.5 Å². The van der Waals surface area contributed by atoms with Gasteiger partial charge in [0.2, 0.25) is 0 Å². The molecule has 0 saturated heterocycles. The van der Waals surface area contributed by atoms with Gasteiger partial charge in [-0.2, -0.15) is 0 Å². The van der Waals surface area contributed by atoms with Crippen LogP contribution in [0, 0.1) is 0 Å². The Labute approximate surface area is 136 Å². The average molecular weight is 340 g/mol. The normalized spacial score (nSPS) is 10.1. The van der Waals surface area contributed by atoms with Crippen LogP contribution in [-0.2, 0) is 4.79 Å². The number of anilines is 1. The molecule has 0 aliphatic carbocycles. The number of halogens is 2. The van der Waals surface area contributed by atoms with Gasteiger partial charge in [0.1, 0.15) is 5.75 Å². The van der Waals surface area contributed by atoms with E-state index in [1.54, 1.807) is 24.3 Å². The van der Waals surface area contributed by atoms with Gasteiger partial charge >= 0.3 is 5.97 Å². The molecule has 2 rings (SSSR count). The third kappa shape index (κ3) is 4.13. The van der Waals surface area contributed by atoms with Gasteiger partial charge in [-0.1, -0.05) is 35.3 Å². The van der Waals surface area contributed by atoms with E-state index in [4.69, 9.17) is 33.0 Å². The number of carboxylic acids is 1. The van der Waals surface area contributed by atoms with Gasteiger partial charge in [-0.25, -0.2) is 4.79 Å². The summed E-state index contributed by atoms with van der Waals surface area (Å²) in [5.74, 6) is -1.37. The lowest BCUT2D eigenvalue weighted by Crippen LogP contribution is -2.21. The van der Waals surface area contributed by atoms with Crippen molar-refractivity contribution in [2.24, 2.45) is 0 Å². The van der Waals surface area contributed by atoms with Gasteiger partial charge in [-0.15, -0.1) is 0 Å². The highest BCUT2D eigenvalue weighted by atomic mass is 35.5. The Bertz CT molecular complexity index is 718. The fraction of sp³-hybridized carbons (Fsp3) is 0.0667. The maximum atomic E-state index is 11.9. The molecule has 2 aromatic rings. The zero-order valence-electron chi connectivity index (χ0n) is 11.2. The van der Waals surface area contributed by atoms with Crippen molar-refractivity contribution in [3.63, 3.8) is 0 Å². The highest BCUT2D eigenvalue weighted by Gasteiger charge is 2.12. The molecule has 22 heavy (non-hydrogen) atoms. The van der Waals surface area contributed by atoms with Crippen molar-refractivity contribution in [3.8, 4) is 5.75 Å². The number of carboxylic acid groups (broad SMARTS) is 1. The van der Waals surface area contributed by atoms with Gasteiger partial charge in [0.05, 0.1) is 16.3 Å². The van der Waals surface area contributed by atoms with Gasteiger partial charge in [0.25, 0.3) is 5.91 Å². The SMILES string of the molecule is O=C(COc1cc(Cl)ccc1Cl)Nc1ccccc1C(=O)O. The van der Waals surface area contributed by atoms with Crippen molar-refractivity contribution in [1.82, 2.24) is 0 Å². The third-order valence-electron chi connectivity index (χ3n) is 2.68. The van der Waals surface area contributed by atoms with Crippen LogP contribution in [0.3, 0.4) is 0 Å². The van der Waals surface area contributed by atoms with Gasteiger partial charge in [0.15, 0.2) is 6.61 Å². The van der Waals surface area contributed by atoms with E-state index in [2.05, 4.69) is 5.32 Å². The molecule has 0 bridgehead atoms. The monoisotopic (exact) mass is 339 g/mol. The second-order valence-corrected chi connectivity index (χ2v) is 5.11. The van der Waals surface area contributed by atoms with Gasteiger partial charge in [-0.05, 0) is 24.3 Å². The van der Waals surface area contributed by atoms with Crippen molar-refractivity contribution in [2.45, 2.75) is 0 Å². The Morgan fingerprint density at radius 2 is 1.86 bits per heavy atom. The molecule has 2 N–H and O–H groups in total. The topological polar surface area (TPSA) is 75.6 Å². The Morgan fingerprint density at radius 3 is 2.59 bits per heavy atom. The van der Waals surface area contributed by atoms with Crippen molar-refractivity contribution in [3.05, 3.63) is 58.1 Å². The standard InChI is InChI=1S/C15H11Cl2NO4/c16-9-5-6-11(17)13(7-9)22-8-14(19)18-12-4-2-1-3-10(12)15(20)21/h1-7H,8H2,(H,18,19)(H,20,21). The molecule has 0 saturated carbocycles. The number of carbonyl (C=O) groups excluding carboxylic acids is 1. The number of nitrogens with one attached hydrogen (secondary N) is 1. The molecule has 0 aliphatic rings. The van der Waals surface area contributed by atoms with Crippen LogP contribution >= 0.6 is 23.2 Å². The van der Waals surface area contributed by atoms with Crippen LogP contribution in [0.25, 0.3) is 0 Å². The largest absolute Gasteiger partial charge is 0.482 e. The summed E-state index contributed by atoms with van der Waals surface area (Å²) in [6.07, 6.45) is 0. The lowest BCUT2D eigenvalue weighted by molar-refractivity contribution is -0.118. The van der Waals surface area contributed by atoms with Crippen molar-refractivity contribution >= 4 is 40.8 Å². The van der Waals surface area contributed by atoms with E-state index < -0.39 is 11.9 Å². The number of ether oxygens (including phenoxy) is 1. The van der Waals surface area contributed by atoms with E-state index >= 15 is 0 Å². The van der Waals surface area contributed by atoms with Gasteiger partial charge < -0.3 is 15.2 Å². The highest BCUT2D eigenvalue weighted by molar-refractivity contribution is 6.34. The quantitative estimate of drug-likeness (QED) is 0.870. The molecule has 1 amide bonds. The van der Waals surface area contributed by atoms with Crippen LogP contribution in [0.2, 0.25) is 10.0 Å². The number of benzene rings is 2. The molecule has 0 radical (unpaired) electrons. The molecule has 7 heteroatoms. The summed E-state index contributed by atoms with van der Waals surface area (Å²) in [7, 11) is 0. The fourth-order valence-corrected chi connectivity index (χ4v) is 2.03. The van der Waals surface area contributed by atoms with E-state index in [1.165, 1.54) is 18.2 Å². The van der Waals surface area contributed by atoms with Crippen molar-refractivity contribution in [2.75, 3.05) is 11.9 Å². The van der Waals surface area contributed by atoms with E-state index in [0.717, 1.165) is 0 Å². The summed E-state index contributed by atoms with van der Waals surface area (Å²) in [5.41, 5.74) is 0.192. The first-order chi connectivity index (χ1) is 10.5. The molecular weight excluding hydrogens is 329 g/mol. The molecule has 5 nitrogen and oxygen atoms in total. The number of rotatable bonds is 5. The molecule has 114 valence electrons. The van der Waals surface area contributed by atoms with Gasteiger partial charge in [-0.3, -0.25) is 4.79 Å². The minimum absolute atomic E-state index is 0.00311. The van der Waals surface area contributed by atoms with Crippen LogP contribution < -0.4 is 10.1 Å². The molecule has 0 spiro atoms. The van der Waals surface area contributed by atoms with E-state index in [-0.39, 0.29) is 23.6 Å². The first-order valence-corrected chi connectivity index (χ1v) is 6.93. The predicted molar refractivity (Wildman–Crippen MR) is 84.0 cm³/mol. The molecule has 0 heterocycles. The highest BCUT2D eigenvalue weighted by Crippen LogP contribution is 2.27. The molecule has 0 atom stereocenters. The van der Waals surface area contributed by atoms with Crippen LogP contribution in [0.1, 0.15) is 10.4 Å². The Morgan fingerprint density at radius 1 is 1.14 bits per heavy atom.